The number of aromatic nitrogens is 1. The van der Waals surface area contributed by atoms with E-state index in [2.05, 4.69) is 16.0 Å². The molecule has 1 aliphatic heterocycles. The van der Waals surface area contributed by atoms with E-state index in [1.165, 1.54) is 12.1 Å². The summed E-state index contributed by atoms with van der Waals surface area (Å²) in [6.07, 6.45) is 3.72. The van der Waals surface area contributed by atoms with E-state index in [4.69, 9.17) is 4.74 Å². The Morgan fingerprint density at radius 3 is 2.68 bits per heavy atom. The molecule has 146 valence electrons. The number of carbonyl (C=O) groups excluding carboxylic acids is 1. The number of hydrogen-bond acceptors (Lipinski definition) is 5. The number of nitrogens with zero attached hydrogens (tertiary/aromatic N) is 3. The number of rotatable bonds is 6. The highest BCUT2D eigenvalue weighted by Crippen LogP contribution is 2.37. The van der Waals surface area contributed by atoms with Gasteiger partial charge < -0.3 is 9.64 Å². The van der Waals surface area contributed by atoms with Crippen LogP contribution < -0.4 is 4.90 Å². The van der Waals surface area contributed by atoms with E-state index in [9.17, 15) is 14.4 Å². The van der Waals surface area contributed by atoms with Crippen LogP contribution in [0.2, 0.25) is 0 Å². The van der Waals surface area contributed by atoms with E-state index >= 15 is 0 Å². The lowest BCUT2D eigenvalue weighted by atomic mass is 9.78. The molecule has 2 heterocycles. The van der Waals surface area contributed by atoms with E-state index in [0.29, 0.717) is 18.0 Å². The maximum absolute atomic E-state index is 13.4. The summed E-state index contributed by atoms with van der Waals surface area (Å²) in [4.78, 5) is 18.7. The number of benzene rings is 1. The molecular formula is C22H24FN3O2. The molecule has 0 bridgehead atoms. The molecule has 0 saturated carbocycles. The Hall–Kier alpha value is -2.94. The predicted octanol–water partition coefficient (Wildman–Crippen LogP) is 4.05. The van der Waals surface area contributed by atoms with Crippen molar-refractivity contribution in [2.24, 2.45) is 5.92 Å². The number of ether oxygens (including phenoxy) is 1. The van der Waals surface area contributed by atoms with E-state index < -0.39 is 0 Å². The summed E-state index contributed by atoms with van der Waals surface area (Å²) in [6, 6.07) is 12.1. The summed E-state index contributed by atoms with van der Waals surface area (Å²) < 4.78 is 18.5. The Bertz CT molecular complexity index is 840. The third-order valence-corrected chi connectivity index (χ3v) is 5.31. The van der Waals surface area contributed by atoms with E-state index in [1.54, 1.807) is 37.4 Å². The third kappa shape index (κ3) is 4.66. The van der Waals surface area contributed by atoms with Crippen LogP contribution in [0.25, 0.3) is 0 Å². The van der Waals surface area contributed by atoms with Crippen LogP contribution in [0.15, 0.2) is 42.6 Å². The van der Waals surface area contributed by atoms with Gasteiger partial charge in [0.1, 0.15) is 17.7 Å². The SMILES string of the molecule is CCOC(=O)C[C@H](c1ccc(F)cc1)C1CCN(c2ncccc2C#N)CC1. The van der Waals surface area contributed by atoms with Gasteiger partial charge in [0.15, 0.2) is 0 Å². The molecule has 0 N–H and O–H groups in total. The molecule has 1 fully saturated rings. The molecule has 0 radical (unpaired) electrons. The average Bonchev–Trinajstić information content (AvgIpc) is 2.73. The predicted molar refractivity (Wildman–Crippen MR) is 104 cm³/mol. The lowest BCUT2D eigenvalue weighted by Gasteiger charge is -2.37. The van der Waals surface area contributed by atoms with Crippen LogP contribution >= 0.6 is 0 Å². The summed E-state index contributed by atoms with van der Waals surface area (Å²) >= 11 is 0. The number of carbonyl (C=O) groups is 1. The van der Waals surface area contributed by atoms with Gasteiger partial charge in [0.2, 0.25) is 0 Å². The van der Waals surface area contributed by atoms with E-state index in [-0.39, 0.29) is 30.0 Å². The highest BCUT2D eigenvalue weighted by atomic mass is 19.1. The molecule has 28 heavy (non-hydrogen) atoms. The lowest BCUT2D eigenvalue weighted by molar-refractivity contribution is -0.143. The minimum atomic E-state index is -0.285. The Kier molecular flexibility index (Phi) is 6.59. The number of nitriles is 1. The first-order valence-corrected chi connectivity index (χ1v) is 9.63. The normalized spacial score (nSPS) is 15.7. The molecule has 0 unspecified atom stereocenters. The topological polar surface area (TPSA) is 66.2 Å². The van der Waals surface area contributed by atoms with Crippen molar-refractivity contribution in [2.75, 3.05) is 24.6 Å². The summed E-state index contributed by atoms with van der Waals surface area (Å²) in [5.74, 6) is 0.469. The molecule has 1 aliphatic rings. The number of esters is 1. The molecule has 1 saturated heterocycles. The van der Waals surface area contributed by atoms with Crippen LogP contribution in [-0.2, 0) is 9.53 Å². The first kappa shape index (κ1) is 19.8. The molecule has 3 rings (SSSR count). The third-order valence-electron chi connectivity index (χ3n) is 5.31. The Balaban J connectivity index is 1.74. The summed E-state index contributed by atoms with van der Waals surface area (Å²) in [6.45, 7) is 3.67. The minimum Gasteiger partial charge on any atom is -0.466 e. The molecule has 5 nitrogen and oxygen atoms in total. The second kappa shape index (κ2) is 9.32. The molecular weight excluding hydrogens is 357 g/mol. The summed E-state index contributed by atoms with van der Waals surface area (Å²) in [5.41, 5.74) is 1.53. The number of piperidine rings is 1. The van der Waals surface area contributed by atoms with Gasteiger partial charge in [-0.15, -0.1) is 0 Å². The van der Waals surface area contributed by atoms with Crippen molar-refractivity contribution in [1.29, 1.82) is 5.26 Å². The van der Waals surface area contributed by atoms with E-state index in [1.807, 2.05) is 0 Å². The van der Waals surface area contributed by atoms with Crippen LogP contribution in [-0.4, -0.2) is 30.6 Å². The molecule has 1 aromatic heterocycles. The number of pyridine rings is 1. The lowest BCUT2D eigenvalue weighted by Crippen LogP contribution is -2.37. The highest BCUT2D eigenvalue weighted by Gasteiger charge is 2.30. The van der Waals surface area contributed by atoms with Gasteiger partial charge in [-0.3, -0.25) is 4.79 Å². The zero-order chi connectivity index (χ0) is 19.9. The molecule has 0 amide bonds. The zero-order valence-corrected chi connectivity index (χ0v) is 16.0. The van der Waals surface area contributed by atoms with Gasteiger partial charge in [-0.05, 0) is 61.4 Å². The van der Waals surface area contributed by atoms with Crippen molar-refractivity contribution in [1.82, 2.24) is 4.98 Å². The second-order valence-corrected chi connectivity index (χ2v) is 6.98. The smallest absolute Gasteiger partial charge is 0.306 e. The Morgan fingerprint density at radius 1 is 1.32 bits per heavy atom. The monoisotopic (exact) mass is 381 g/mol. The van der Waals surface area contributed by atoms with Gasteiger partial charge in [0, 0.05) is 19.3 Å². The molecule has 1 aromatic carbocycles. The van der Waals surface area contributed by atoms with E-state index in [0.717, 1.165) is 31.5 Å². The van der Waals surface area contributed by atoms with Crippen molar-refractivity contribution in [2.45, 2.75) is 32.1 Å². The summed E-state index contributed by atoms with van der Waals surface area (Å²) in [7, 11) is 0. The number of anilines is 1. The zero-order valence-electron chi connectivity index (χ0n) is 16.0. The molecule has 1 atom stereocenters. The quantitative estimate of drug-likeness (QED) is 0.707. The maximum atomic E-state index is 13.4. The van der Waals surface area contributed by atoms with Gasteiger partial charge in [-0.1, -0.05) is 12.1 Å². The number of hydrogen-bond donors (Lipinski definition) is 0. The minimum absolute atomic E-state index is 0.0130. The van der Waals surface area contributed by atoms with Crippen molar-refractivity contribution in [3.05, 3.63) is 59.5 Å². The fourth-order valence-electron chi connectivity index (χ4n) is 3.92. The van der Waals surface area contributed by atoms with Crippen molar-refractivity contribution in [3.8, 4) is 6.07 Å². The van der Waals surface area contributed by atoms with Gasteiger partial charge in [0.25, 0.3) is 0 Å². The van der Waals surface area contributed by atoms with Crippen molar-refractivity contribution >= 4 is 11.8 Å². The fraction of sp³-hybridized carbons (Fsp3) is 0.409. The Morgan fingerprint density at radius 2 is 2.04 bits per heavy atom. The van der Waals surface area contributed by atoms with Crippen LogP contribution in [0.3, 0.4) is 0 Å². The van der Waals surface area contributed by atoms with Crippen LogP contribution in [0.1, 0.15) is 43.2 Å². The van der Waals surface area contributed by atoms with Gasteiger partial charge in [-0.25, -0.2) is 9.37 Å². The highest BCUT2D eigenvalue weighted by molar-refractivity contribution is 5.70. The van der Waals surface area contributed by atoms with Gasteiger partial charge >= 0.3 is 5.97 Å². The molecule has 6 heteroatoms. The molecule has 0 spiro atoms. The second-order valence-electron chi connectivity index (χ2n) is 6.98. The van der Waals surface area contributed by atoms with Crippen molar-refractivity contribution < 1.29 is 13.9 Å². The number of halogens is 1. The average molecular weight is 381 g/mol. The fourth-order valence-corrected chi connectivity index (χ4v) is 3.92. The molecule has 0 aliphatic carbocycles. The van der Waals surface area contributed by atoms with Crippen molar-refractivity contribution in [3.63, 3.8) is 0 Å². The Labute approximate surface area is 164 Å². The first-order valence-electron chi connectivity index (χ1n) is 9.63. The summed E-state index contributed by atoms with van der Waals surface area (Å²) in [5, 5.41) is 9.31. The maximum Gasteiger partial charge on any atom is 0.306 e. The first-order chi connectivity index (χ1) is 13.6. The van der Waals surface area contributed by atoms with Gasteiger partial charge in [-0.2, -0.15) is 5.26 Å². The van der Waals surface area contributed by atoms with Crippen LogP contribution in [0.4, 0.5) is 10.2 Å². The van der Waals surface area contributed by atoms with Gasteiger partial charge in [0.05, 0.1) is 18.6 Å². The standard InChI is InChI=1S/C22H24FN3O2/c1-2-28-21(27)14-20(16-5-7-19(23)8-6-16)17-9-12-26(13-10-17)22-18(15-24)4-3-11-25-22/h3-8,11,17,20H,2,9-10,12-14H2,1H3/t20-/m1/s1. The van der Waals surface area contributed by atoms with Crippen LogP contribution in [0, 0.1) is 23.1 Å². The molecule has 2 aromatic rings. The van der Waals surface area contributed by atoms with Crippen LogP contribution in [0.5, 0.6) is 0 Å². The largest absolute Gasteiger partial charge is 0.466 e.